The van der Waals surface area contributed by atoms with Gasteiger partial charge in [0.25, 0.3) is 0 Å². The third-order valence-electron chi connectivity index (χ3n) is 1.07. The molecule has 0 aromatic carbocycles. The van der Waals surface area contributed by atoms with Crippen molar-refractivity contribution in [1.29, 1.82) is 0 Å². The van der Waals surface area contributed by atoms with Crippen LogP contribution in [0.2, 0.25) is 0 Å². The molecular formula is C3H9NO4S2. The molecule has 2 N–H and O–H groups in total. The second-order valence-electron chi connectivity index (χ2n) is 1.99. The molecule has 0 aromatic heterocycles. The number of hydrogen-bond donors (Lipinski definition) is 1. The Kier molecular flexibility index (Phi) is 2.44. The van der Waals surface area contributed by atoms with Gasteiger partial charge in [-0.3, -0.25) is 0 Å². The van der Waals surface area contributed by atoms with Gasteiger partial charge >= 0.3 is 0 Å². The van der Waals surface area contributed by atoms with E-state index in [0.717, 1.165) is 13.2 Å². The van der Waals surface area contributed by atoms with Crippen LogP contribution in [0.3, 0.4) is 0 Å². The van der Waals surface area contributed by atoms with E-state index in [1.165, 1.54) is 0 Å². The van der Waals surface area contributed by atoms with Gasteiger partial charge in [0.15, 0.2) is 14.4 Å². The second-order valence-corrected chi connectivity index (χ2v) is 6.54. The molecular weight excluding hydrogens is 178 g/mol. The van der Waals surface area contributed by atoms with E-state index in [9.17, 15) is 16.8 Å². The van der Waals surface area contributed by atoms with Crippen LogP contribution in [-0.2, 0) is 19.9 Å². The maximum atomic E-state index is 10.5. The molecule has 0 aliphatic rings. The fourth-order valence-electron chi connectivity index (χ4n) is 0.244. The van der Waals surface area contributed by atoms with Gasteiger partial charge < -0.3 is 0 Å². The standard InChI is InChI=1S/C3H9NO4S2/c1-3(9(2,5)6)10(4,7)8/h3H,1-2H3,(H2,4,7,8). The number of rotatable bonds is 2. The third kappa shape index (κ3) is 2.63. The van der Waals surface area contributed by atoms with Gasteiger partial charge in [0, 0.05) is 6.26 Å². The van der Waals surface area contributed by atoms with Crippen molar-refractivity contribution < 1.29 is 16.8 Å². The molecule has 0 bridgehead atoms. The highest BCUT2D eigenvalue weighted by atomic mass is 32.3. The van der Waals surface area contributed by atoms with Gasteiger partial charge in [-0.25, -0.2) is 22.0 Å². The molecule has 1 unspecified atom stereocenters. The first kappa shape index (κ1) is 9.86. The van der Waals surface area contributed by atoms with E-state index in [4.69, 9.17) is 0 Å². The zero-order chi connectivity index (χ0) is 8.58. The number of hydrogen-bond acceptors (Lipinski definition) is 4. The summed E-state index contributed by atoms with van der Waals surface area (Å²) >= 11 is 0. The maximum Gasteiger partial charge on any atom is 0.226 e. The van der Waals surface area contributed by atoms with Gasteiger partial charge in [-0.05, 0) is 6.92 Å². The molecule has 0 saturated heterocycles. The van der Waals surface area contributed by atoms with Crippen LogP contribution < -0.4 is 5.14 Å². The van der Waals surface area contributed by atoms with E-state index >= 15 is 0 Å². The first-order valence-electron chi connectivity index (χ1n) is 2.36. The predicted octanol–water partition coefficient (Wildman–Crippen LogP) is -1.33. The van der Waals surface area contributed by atoms with Crippen molar-refractivity contribution in [1.82, 2.24) is 0 Å². The van der Waals surface area contributed by atoms with Crippen LogP contribution in [0, 0.1) is 0 Å². The van der Waals surface area contributed by atoms with Crippen molar-refractivity contribution in [2.75, 3.05) is 6.26 Å². The Hall–Kier alpha value is -0.140. The Balaban J connectivity index is 4.94. The molecule has 0 rings (SSSR count). The quantitative estimate of drug-likeness (QED) is 0.579. The molecule has 0 fully saturated rings. The first-order valence-corrected chi connectivity index (χ1v) is 5.92. The van der Waals surface area contributed by atoms with Crippen molar-refractivity contribution >= 4 is 19.9 Å². The molecule has 0 spiro atoms. The largest absolute Gasteiger partial charge is 0.228 e. The SMILES string of the molecule is CC(S(C)(=O)=O)S(N)(=O)=O. The molecule has 5 nitrogen and oxygen atoms in total. The molecule has 0 aliphatic heterocycles. The Bertz CT molecular complexity index is 267. The van der Waals surface area contributed by atoms with E-state index in [0.29, 0.717) is 0 Å². The summed E-state index contributed by atoms with van der Waals surface area (Å²) in [4.78, 5) is 0. The summed E-state index contributed by atoms with van der Waals surface area (Å²) in [6.45, 7) is 1.03. The Morgan fingerprint density at radius 1 is 1.20 bits per heavy atom. The van der Waals surface area contributed by atoms with Crippen molar-refractivity contribution in [2.45, 2.75) is 11.5 Å². The highest BCUT2D eigenvalue weighted by Gasteiger charge is 2.25. The van der Waals surface area contributed by atoms with Crippen LogP contribution >= 0.6 is 0 Å². The monoisotopic (exact) mass is 187 g/mol. The average molecular weight is 187 g/mol. The van der Waals surface area contributed by atoms with Crippen LogP contribution in [-0.4, -0.2) is 27.7 Å². The van der Waals surface area contributed by atoms with E-state index in [1.54, 1.807) is 0 Å². The van der Waals surface area contributed by atoms with Crippen LogP contribution in [0.25, 0.3) is 0 Å². The summed E-state index contributed by atoms with van der Waals surface area (Å²) in [5.74, 6) is 0. The Labute approximate surface area is 60.2 Å². The van der Waals surface area contributed by atoms with E-state index in [1.807, 2.05) is 0 Å². The molecule has 0 radical (unpaired) electrons. The second kappa shape index (κ2) is 2.48. The Morgan fingerprint density at radius 2 is 1.50 bits per heavy atom. The highest BCUT2D eigenvalue weighted by molar-refractivity contribution is 8.07. The summed E-state index contributed by atoms with van der Waals surface area (Å²) in [6, 6.07) is 0. The Morgan fingerprint density at radius 3 is 1.50 bits per heavy atom. The molecule has 62 valence electrons. The van der Waals surface area contributed by atoms with E-state index in [2.05, 4.69) is 5.14 Å². The van der Waals surface area contributed by atoms with Gasteiger partial charge in [0.1, 0.15) is 0 Å². The van der Waals surface area contributed by atoms with Gasteiger partial charge in [0.2, 0.25) is 10.0 Å². The molecule has 0 aromatic rings. The number of primary sulfonamides is 1. The lowest BCUT2D eigenvalue weighted by Gasteiger charge is -2.04. The molecule has 0 aliphatic carbocycles. The lowest BCUT2D eigenvalue weighted by Crippen LogP contribution is -2.32. The number of sulfonamides is 1. The van der Waals surface area contributed by atoms with Crippen molar-refractivity contribution in [2.24, 2.45) is 5.14 Å². The summed E-state index contributed by atoms with van der Waals surface area (Å²) in [6.07, 6.45) is 0.822. The topological polar surface area (TPSA) is 94.3 Å². The molecule has 0 amide bonds. The summed E-state index contributed by atoms with van der Waals surface area (Å²) < 4.78 is 40.3. The summed E-state index contributed by atoms with van der Waals surface area (Å²) in [5, 5.41) is 4.56. The lowest BCUT2D eigenvalue weighted by atomic mass is 11.0. The minimum Gasteiger partial charge on any atom is -0.228 e. The number of sulfone groups is 1. The van der Waals surface area contributed by atoms with Gasteiger partial charge in [-0.1, -0.05) is 0 Å². The molecule has 7 heteroatoms. The lowest BCUT2D eigenvalue weighted by molar-refractivity contribution is 0.582. The minimum absolute atomic E-state index is 0.822. The van der Waals surface area contributed by atoms with E-state index in [-0.39, 0.29) is 0 Å². The third-order valence-corrected chi connectivity index (χ3v) is 5.05. The summed E-state index contributed by atoms with van der Waals surface area (Å²) in [7, 11) is -7.52. The molecule has 10 heavy (non-hydrogen) atoms. The van der Waals surface area contributed by atoms with Crippen LogP contribution in [0.4, 0.5) is 0 Å². The average Bonchev–Trinajstić information content (AvgIpc) is 1.59. The smallest absolute Gasteiger partial charge is 0.226 e. The summed E-state index contributed by atoms with van der Waals surface area (Å²) in [5.41, 5.74) is 0. The fourth-order valence-corrected chi connectivity index (χ4v) is 2.19. The number of nitrogens with two attached hydrogens (primary N) is 1. The highest BCUT2D eigenvalue weighted by Crippen LogP contribution is 2.01. The fraction of sp³-hybridized carbons (Fsp3) is 1.00. The van der Waals surface area contributed by atoms with Crippen LogP contribution in [0.1, 0.15) is 6.92 Å². The van der Waals surface area contributed by atoms with Crippen LogP contribution in [0.15, 0.2) is 0 Å². The van der Waals surface area contributed by atoms with Crippen molar-refractivity contribution in [3.05, 3.63) is 0 Å². The maximum absolute atomic E-state index is 10.5. The van der Waals surface area contributed by atoms with Crippen LogP contribution in [0.5, 0.6) is 0 Å². The zero-order valence-electron chi connectivity index (χ0n) is 5.60. The van der Waals surface area contributed by atoms with Crippen molar-refractivity contribution in [3.63, 3.8) is 0 Å². The predicted molar refractivity (Wildman–Crippen MR) is 37.4 cm³/mol. The molecule has 0 heterocycles. The van der Waals surface area contributed by atoms with Gasteiger partial charge in [-0.2, -0.15) is 0 Å². The van der Waals surface area contributed by atoms with E-state index < -0.39 is 24.4 Å². The van der Waals surface area contributed by atoms with Crippen molar-refractivity contribution in [3.8, 4) is 0 Å². The molecule has 0 saturated carbocycles. The molecule has 1 atom stereocenters. The normalized spacial score (nSPS) is 16.7. The zero-order valence-corrected chi connectivity index (χ0v) is 7.24. The van der Waals surface area contributed by atoms with Gasteiger partial charge in [-0.15, -0.1) is 0 Å². The first-order chi connectivity index (χ1) is 4.15. The minimum atomic E-state index is -3.95. The van der Waals surface area contributed by atoms with Gasteiger partial charge in [0.05, 0.1) is 0 Å².